The summed E-state index contributed by atoms with van der Waals surface area (Å²) in [6.07, 6.45) is -1.12. The van der Waals surface area contributed by atoms with Crippen LogP contribution in [-0.4, -0.2) is 21.9 Å². The molecule has 0 unspecified atom stereocenters. The van der Waals surface area contributed by atoms with E-state index in [1.807, 2.05) is 6.92 Å². The van der Waals surface area contributed by atoms with Crippen LogP contribution in [0.2, 0.25) is 0 Å². The van der Waals surface area contributed by atoms with Crippen LogP contribution < -0.4 is 4.74 Å². The Kier molecular flexibility index (Phi) is 3.75. The molecular weight excluding hydrogens is 288 g/mol. The van der Waals surface area contributed by atoms with E-state index in [1.165, 1.54) is 12.3 Å². The van der Waals surface area contributed by atoms with Gasteiger partial charge in [-0.15, -0.1) is 0 Å². The Morgan fingerprint density at radius 3 is 2.55 bits per heavy atom. The Balaban J connectivity index is 2.20. The third kappa shape index (κ3) is 2.41. The van der Waals surface area contributed by atoms with Crippen molar-refractivity contribution in [2.24, 2.45) is 0 Å². The van der Waals surface area contributed by atoms with Crippen LogP contribution in [0.1, 0.15) is 18.9 Å². The quantitative estimate of drug-likeness (QED) is 0.729. The van der Waals surface area contributed by atoms with Crippen LogP contribution in [0, 0.1) is 0 Å². The lowest BCUT2D eigenvalue weighted by Crippen LogP contribution is -1.99. The van der Waals surface area contributed by atoms with Crippen molar-refractivity contribution in [1.82, 2.24) is 14.8 Å². The minimum Gasteiger partial charge on any atom is -0.497 e. The van der Waals surface area contributed by atoms with Gasteiger partial charge in [0.05, 0.1) is 19.0 Å². The number of rotatable bonds is 4. The van der Waals surface area contributed by atoms with Crippen molar-refractivity contribution in [3.05, 3.63) is 42.1 Å². The summed E-state index contributed by atoms with van der Waals surface area (Å²) in [5.41, 5.74) is 1.69. The smallest absolute Gasteiger partial charge is 0.264 e. The molecule has 2 aromatic heterocycles. The predicted molar refractivity (Wildman–Crippen MR) is 80.1 cm³/mol. The van der Waals surface area contributed by atoms with Gasteiger partial charge in [0.2, 0.25) is 0 Å². The van der Waals surface area contributed by atoms with Gasteiger partial charge in [-0.05, 0) is 37.3 Å². The van der Waals surface area contributed by atoms with E-state index in [4.69, 9.17) is 4.74 Å². The first-order valence-electron chi connectivity index (χ1n) is 6.93. The number of ether oxygens (including phenoxy) is 1. The molecule has 114 valence electrons. The molecule has 2 heterocycles. The van der Waals surface area contributed by atoms with E-state index in [0.717, 1.165) is 5.56 Å². The van der Waals surface area contributed by atoms with Crippen molar-refractivity contribution in [3.63, 3.8) is 0 Å². The maximum atomic E-state index is 13.3. The maximum Gasteiger partial charge on any atom is 0.264 e. The van der Waals surface area contributed by atoms with Gasteiger partial charge in [0.15, 0.2) is 5.65 Å². The fraction of sp³-hybridized carbons (Fsp3) is 0.250. The molecule has 1 aromatic carbocycles. The third-order valence-electron chi connectivity index (χ3n) is 3.56. The summed E-state index contributed by atoms with van der Waals surface area (Å²) >= 11 is 0. The number of hydrogen-bond donors (Lipinski definition) is 0. The van der Waals surface area contributed by atoms with Gasteiger partial charge in [-0.2, -0.15) is 5.10 Å². The SMILES string of the molecule is CCn1ncc2c(C(F)F)cc(-c3ccc(OC)cc3)nc21. The number of alkyl halides is 2. The van der Waals surface area contributed by atoms with Crippen molar-refractivity contribution in [3.8, 4) is 17.0 Å². The van der Waals surface area contributed by atoms with E-state index in [2.05, 4.69) is 10.1 Å². The largest absolute Gasteiger partial charge is 0.497 e. The summed E-state index contributed by atoms with van der Waals surface area (Å²) in [6, 6.07) is 8.58. The first-order valence-corrected chi connectivity index (χ1v) is 6.93. The van der Waals surface area contributed by atoms with E-state index in [1.54, 1.807) is 36.1 Å². The summed E-state index contributed by atoms with van der Waals surface area (Å²) in [6.45, 7) is 2.47. The van der Waals surface area contributed by atoms with Crippen molar-refractivity contribution in [1.29, 1.82) is 0 Å². The van der Waals surface area contributed by atoms with Crippen molar-refractivity contribution < 1.29 is 13.5 Å². The highest BCUT2D eigenvalue weighted by molar-refractivity contribution is 5.82. The highest BCUT2D eigenvalue weighted by Crippen LogP contribution is 2.31. The highest BCUT2D eigenvalue weighted by atomic mass is 19.3. The fourth-order valence-electron chi connectivity index (χ4n) is 2.39. The monoisotopic (exact) mass is 303 g/mol. The minimum absolute atomic E-state index is 0.0458. The first-order chi connectivity index (χ1) is 10.6. The van der Waals surface area contributed by atoms with Gasteiger partial charge in [0.25, 0.3) is 6.43 Å². The van der Waals surface area contributed by atoms with Gasteiger partial charge in [0, 0.05) is 23.1 Å². The molecule has 3 aromatic rings. The van der Waals surface area contributed by atoms with Gasteiger partial charge < -0.3 is 4.74 Å². The second-order valence-electron chi connectivity index (χ2n) is 4.82. The number of halogens is 2. The number of aryl methyl sites for hydroxylation is 1. The zero-order chi connectivity index (χ0) is 15.7. The van der Waals surface area contributed by atoms with E-state index in [-0.39, 0.29) is 5.56 Å². The maximum absolute atomic E-state index is 13.3. The van der Waals surface area contributed by atoms with Crippen LogP contribution in [0.5, 0.6) is 5.75 Å². The van der Waals surface area contributed by atoms with Crippen LogP contribution in [0.15, 0.2) is 36.5 Å². The summed E-state index contributed by atoms with van der Waals surface area (Å²) in [7, 11) is 1.58. The van der Waals surface area contributed by atoms with E-state index < -0.39 is 6.43 Å². The average Bonchev–Trinajstić information content (AvgIpc) is 2.96. The molecule has 0 saturated carbocycles. The van der Waals surface area contributed by atoms with Crippen LogP contribution in [-0.2, 0) is 6.54 Å². The molecule has 4 nitrogen and oxygen atoms in total. The summed E-state index contributed by atoms with van der Waals surface area (Å²) in [4.78, 5) is 4.50. The lowest BCUT2D eigenvalue weighted by Gasteiger charge is -2.08. The molecule has 0 aliphatic heterocycles. The molecular formula is C16H15F2N3O. The van der Waals surface area contributed by atoms with Crippen molar-refractivity contribution in [2.45, 2.75) is 19.9 Å². The van der Waals surface area contributed by atoms with Crippen LogP contribution >= 0.6 is 0 Å². The lowest BCUT2D eigenvalue weighted by atomic mass is 10.1. The zero-order valence-corrected chi connectivity index (χ0v) is 12.3. The van der Waals surface area contributed by atoms with Gasteiger partial charge in [-0.1, -0.05) is 0 Å². The molecule has 0 fully saturated rings. The molecule has 0 N–H and O–H groups in total. The first kappa shape index (κ1) is 14.4. The van der Waals surface area contributed by atoms with Gasteiger partial charge in [-0.3, -0.25) is 0 Å². The number of aromatic nitrogens is 3. The summed E-state index contributed by atoms with van der Waals surface area (Å²) in [5.74, 6) is 0.706. The van der Waals surface area contributed by atoms with Gasteiger partial charge in [0.1, 0.15) is 5.75 Å². The molecule has 0 spiro atoms. The average molecular weight is 303 g/mol. The van der Waals surface area contributed by atoms with Crippen LogP contribution in [0.25, 0.3) is 22.3 Å². The Morgan fingerprint density at radius 1 is 1.23 bits per heavy atom. The zero-order valence-electron chi connectivity index (χ0n) is 12.3. The minimum atomic E-state index is -2.57. The number of methoxy groups -OCH3 is 1. The molecule has 0 radical (unpaired) electrons. The predicted octanol–water partition coefficient (Wildman–Crippen LogP) is 4.06. The van der Waals surface area contributed by atoms with E-state index in [9.17, 15) is 8.78 Å². The number of fused-ring (bicyclic) bond motifs is 1. The Hall–Kier alpha value is -2.50. The molecule has 0 saturated heterocycles. The van der Waals surface area contributed by atoms with E-state index in [0.29, 0.717) is 29.0 Å². The lowest BCUT2D eigenvalue weighted by molar-refractivity contribution is 0.153. The second-order valence-corrected chi connectivity index (χ2v) is 4.82. The van der Waals surface area contributed by atoms with E-state index >= 15 is 0 Å². The molecule has 0 aliphatic rings. The number of pyridine rings is 1. The van der Waals surface area contributed by atoms with Crippen molar-refractivity contribution in [2.75, 3.05) is 7.11 Å². The van der Waals surface area contributed by atoms with Crippen LogP contribution in [0.3, 0.4) is 0 Å². The fourth-order valence-corrected chi connectivity index (χ4v) is 2.39. The molecule has 22 heavy (non-hydrogen) atoms. The molecule has 0 bridgehead atoms. The summed E-state index contributed by atoms with van der Waals surface area (Å²) in [5, 5.41) is 4.52. The Labute approximate surface area is 126 Å². The summed E-state index contributed by atoms with van der Waals surface area (Å²) < 4.78 is 33.4. The third-order valence-corrected chi connectivity index (χ3v) is 3.56. The molecule has 3 rings (SSSR count). The van der Waals surface area contributed by atoms with Crippen LogP contribution in [0.4, 0.5) is 8.78 Å². The standard InChI is InChI=1S/C16H15F2N3O/c1-3-21-16-13(9-19-21)12(15(17)18)8-14(20-16)10-4-6-11(22-2)7-5-10/h4-9,15H,3H2,1-2H3. The highest BCUT2D eigenvalue weighted by Gasteiger charge is 2.18. The molecule has 0 aliphatic carbocycles. The topological polar surface area (TPSA) is 39.9 Å². The molecule has 0 atom stereocenters. The number of benzene rings is 1. The van der Waals surface area contributed by atoms with Gasteiger partial charge in [-0.25, -0.2) is 18.4 Å². The normalized spacial score (nSPS) is 11.3. The second kappa shape index (κ2) is 5.71. The molecule has 6 heteroatoms. The van der Waals surface area contributed by atoms with Gasteiger partial charge >= 0.3 is 0 Å². The number of nitrogens with zero attached hydrogens (tertiary/aromatic N) is 3. The number of hydrogen-bond acceptors (Lipinski definition) is 3. The van der Waals surface area contributed by atoms with Crippen molar-refractivity contribution >= 4 is 11.0 Å². The Bertz CT molecular complexity index is 797. The molecule has 0 amide bonds. The Morgan fingerprint density at radius 2 is 1.95 bits per heavy atom.